The molecule has 0 saturated heterocycles. The van der Waals surface area contributed by atoms with Crippen LogP contribution in [0.4, 0.5) is 4.39 Å². The Morgan fingerprint density at radius 1 is 0.857 bits per heavy atom. The summed E-state index contributed by atoms with van der Waals surface area (Å²) >= 11 is 0. The predicted molar refractivity (Wildman–Crippen MR) is 161 cm³/mol. The van der Waals surface area contributed by atoms with Crippen LogP contribution in [0.25, 0.3) is 0 Å². The van der Waals surface area contributed by atoms with Crippen LogP contribution in [-0.2, 0) is 29.2 Å². The van der Waals surface area contributed by atoms with Crippen molar-refractivity contribution in [3.63, 3.8) is 0 Å². The van der Waals surface area contributed by atoms with Crippen molar-refractivity contribution in [3.8, 4) is 5.75 Å². The van der Waals surface area contributed by atoms with Crippen molar-refractivity contribution >= 4 is 11.8 Å². The number of benzene rings is 3. The Morgan fingerprint density at radius 2 is 1.64 bits per heavy atom. The van der Waals surface area contributed by atoms with Gasteiger partial charge in [-0.15, -0.1) is 0 Å². The average Bonchev–Trinajstić information content (AvgIpc) is 3.44. The van der Waals surface area contributed by atoms with Crippen molar-refractivity contribution < 1.29 is 23.5 Å². The van der Waals surface area contributed by atoms with Gasteiger partial charge in [-0.3, -0.25) is 9.59 Å². The first kappa shape index (κ1) is 30.5. The first-order valence-corrected chi connectivity index (χ1v) is 14.2. The number of methoxy groups -OCH3 is 1. The Labute approximate surface area is 247 Å². The molecule has 8 heteroatoms. The number of hydrogen-bond donors (Lipinski definition) is 0. The summed E-state index contributed by atoms with van der Waals surface area (Å²) in [6, 6.07) is 27.2. The molecule has 0 aliphatic rings. The molecule has 4 rings (SSSR count). The van der Waals surface area contributed by atoms with Crippen LogP contribution in [0.2, 0.25) is 0 Å². The first-order chi connectivity index (χ1) is 20.5. The van der Waals surface area contributed by atoms with E-state index in [-0.39, 0.29) is 23.9 Å². The molecule has 0 saturated carbocycles. The summed E-state index contributed by atoms with van der Waals surface area (Å²) in [6.07, 6.45) is 2.55. The van der Waals surface area contributed by atoms with Crippen LogP contribution >= 0.6 is 0 Å². The zero-order valence-corrected chi connectivity index (χ0v) is 24.2. The molecule has 0 bridgehead atoms. The summed E-state index contributed by atoms with van der Waals surface area (Å²) in [5.74, 6) is -0.298. The van der Waals surface area contributed by atoms with Gasteiger partial charge in [0.05, 0.1) is 13.7 Å². The highest BCUT2D eigenvalue weighted by Crippen LogP contribution is 2.18. The molecular weight excluding hydrogens is 533 g/mol. The van der Waals surface area contributed by atoms with Gasteiger partial charge in [0.2, 0.25) is 5.91 Å². The van der Waals surface area contributed by atoms with E-state index < -0.39 is 5.82 Å². The zero-order valence-electron chi connectivity index (χ0n) is 24.2. The molecule has 0 spiro atoms. The van der Waals surface area contributed by atoms with Gasteiger partial charge in [0.1, 0.15) is 18.1 Å². The van der Waals surface area contributed by atoms with E-state index in [4.69, 9.17) is 9.47 Å². The molecule has 3 aromatic carbocycles. The minimum absolute atomic E-state index is 0.134. The largest absolute Gasteiger partial charge is 0.497 e. The molecule has 0 fully saturated rings. The molecule has 0 aliphatic carbocycles. The zero-order chi connectivity index (χ0) is 29.7. The lowest BCUT2D eigenvalue weighted by atomic mass is 10.1. The van der Waals surface area contributed by atoms with Crippen molar-refractivity contribution in [2.45, 2.75) is 33.0 Å². The summed E-state index contributed by atoms with van der Waals surface area (Å²) in [5.41, 5.74) is 3.23. The second-order valence-corrected chi connectivity index (χ2v) is 10.0. The Balaban J connectivity index is 1.56. The summed E-state index contributed by atoms with van der Waals surface area (Å²) in [6.45, 7) is 4.47. The monoisotopic (exact) mass is 571 g/mol. The normalized spacial score (nSPS) is 10.8. The number of nitrogens with zero attached hydrogens (tertiary/aromatic N) is 3. The van der Waals surface area contributed by atoms with Gasteiger partial charge in [-0.1, -0.05) is 48.5 Å². The molecule has 0 radical (unpaired) electrons. The standard InChI is InChI=1S/C34H38FN3O4/c1-3-42-20-10-19-37(34(40)29-14-8-15-30(35)22-29)26-33(39)38(23-27-11-5-4-6-12-27)25-31-16-9-18-36(31)24-28-13-7-17-32(21-28)41-2/h4-9,11-18,21-22H,3,10,19-20,23-26H2,1-2H3. The number of amides is 2. The molecule has 0 atom stereocenters. The minimum Gasteiger partial charge on any atom is -0.497 e. The molecule has 4 aromatic rings. The van der Waals surface area contributed by atoms with Crippen LogP contribution in [0.15, 0.2) is 97.2 Å². The molecule has 1 aromatic heterocycles. The summed E-state index contributed by atoms with van der Waals surface area (Å²) < 4.78 is 26.9. The fourth-order valence-electron chi connectivity index (χ4n) is 4.77. The number of ether oxygens (including phenoxy) is 2. The molecule has 1 heterocycles. The lowest BCUT2D eigenvalue weighted by Crippen LogP contribution is -2.43. The van der Waals surface area contributed by atoms with Gasteiger partial charge in [-0.2, -0.15) is 0 Å². The molecule has 220 valence electrons. The predicted octanol–water partition coefficient (Wildman–Crippen LogP) is 5.78. The summed E-state index contributed by atoms with van der Waals surface area (Å²) in [7, 11) is 1.65. The third-order valence-corrected chi connectivity index (χ3v) is 6.94. The van der Waals surface area contributed by atoms with Crippen LogP contribution in [0.5, 0.6) is 5.75 Å². The average molecular weight is 572 g/mol. The van der Waals surface area contributed by atoms with E-state index in [0.717, 1.165) is 22.6 Å². The molecule has 0 N–H and O–H groups in total. The lowest BCUT2D eigenvalue weighted by molar-refractivity contribution is -0.133. The SMILES string of the molecule is CCOCCCN(CC(=O)N(Cc1ccccc1)Cc1cccn1Cc1cccc(OC)c1)C(=O)c1cccc(F)c1. The molecule has 0 unspecified atom stereocenters. The number of carbonyl (C=O) groups excluding carboxylic acids is 2. The minimum atomic E-state index is -0.496. The van der Waals surface area contributed by atoms with Crippen LogP contribution in [0.3, 0.4) is 0 Å². The van der Waals surface area contributed by atoms with E-state index in [1.807, 2.05) is 79.9 Å². The van der Waals surface area contributed by atoms with Gasteiger partial charge < -0.3 is 23.8 Å². The van der Waals surface area contributed by atoms with Crippen molar-refractivity contribution in [2.24, 2.45) is 0 Å². The smallest absolute Gasteiger partial charge is 0.254 e. The van der Waals surface area contributed by atoms with Gasteiger partial charge in [-0.25, -0.2) is 4.39 Å². The third kappa shape index (κ3) is 8.78. The van der Waals surface area contributed by atoms with E-state index in [2.05, 4.69) is 4.57 Å². The van der Waals surface area contributed by atoms with E-state index in [9.17, 15) is 14.0 Å². The number of halogens is 1. The van der Waals surface area contributed by atoms with E-state index in [0.29, 0.717) is 45.8 Å². The Bertz CT molecular complexity index is 1440. The maximum absolute atomic E-state index is 13.9. The summed E-state index contributed by atoms with van der Waals surface area (Å²) in [4.78, 5) is 30.6. The first-order valence-electron chi connectivity index (χ1n) is 14.2. The Hall–Kier alpha value is -4.43. The second kappa shape index (κ2) is 15.5. The fraction of sp³-hybridized carbons (Fsp3) is 0.294. The maximum Gasteiger partial charge on any atom is 0.254 e. The second-order valence-electron chi connectivity index (χ2n) is 10.0. The van der Waals surface area contributed by atoms with Gasteiger partial charge in [-0.05, 0) is 66.9 Å². The number of rotatable bonds is 15. The number of carbonyl (C=O) groups is 2. The lowest BCUT2D eigenvalue weighted by Gasteiger charge is -2.28. The van der Waals surface area contributed by atoms with Crippen LogP contribution < -0.4 is 4.74 Å². The van der Waals surface area contributed by atoms with Crippen molar-refractivity contribution in [2.75, 3.05) is 33.4 Å². The molecule has 2 amide bonds. The van der Waals surface area contributed by atoms with Gasteiger partial charge in [0, 0.05) is 50.3 Å². The van der Waals surface area contributed by atoms with Crippen molar-refractivity contribution in [1.29, 1.82) is 0 Å². The topological polar surface area (TPSA) is 64.0 Å². The molecule has 42 heavy (non-hydrogen) atoms. The summed E-state index contributed by atoms with van der Waals surface area (Å²) in [5, 5.41) is 0. The van der Waals surface area contributed by atoms with Crippen LogP contribution in [0.1, 0.15) is 40.5 Å². The van der Waals surface area contributed by atoms with Gasteiger partial charge in [0.15, 0.2) is 0 Å². The van der Waals surface area contributed by atoms with Crippen LogP contribution in [-0.4, -0.2) is 59.6 Å². The quantitative estimate of drug-likeness (QED) is 0.170. The number of aromatic nitrogens is 1. The number of hydrogen-bond acceptors (Lipinski definition) is 4. The van der Waals surface area contributed by atoms with Crippen molar-refractivity contribution in [3.05, 3.63) is 125 Å². The fourth-order valence-corrected chi connectivity index (χ4v) is 4.77. The highest BCUT2D eigenvalue weighted by atomic mass is 19.1. The van der Waals surface area contributed by atoms with Gasteiger partial charge in [0.25, 0.3) is 5.91 Å². The molecule has 0 aliphatic heterocycles. The van der Waals surface area contributed by atoms with Gasteiger partial charge >= 0.3 is 0 Å². The Morgan fingerprint density at radius 3 is 2.40 bits per heavy atom. The maximum atomic E-state index is 13.9. The van der Waals surface area contributed by atoms with E-state index in [1.165, 1.54) is 23.1 Å². The molecular formula is C34H38FN3O4. The molecule has 7 nitrogen and oxygen atoms in total. The Kier molecular flexibility index (Phi) is 11.3. The third-order valence-electron chi connectivity index (χ3n) is 6.94. The van der Waals surface area contributed by atoms with Crippen molar-refractivity contribution in [1.82, 2.24) is 14.4 Å². The highest BCUT2D eigenvalue weighted by molar-refractivity contribution is 5.96. The highest BCUT2D eigenvalue weighted by Gasteiger charge is 2.24. The van der Waals surface area contributed by atoms with E-state index >= 15 is 0 Å². The van der Waals surface area contributed by atoms with Crippen LogP contribution in [0, 0.1) is 5.82 Å². The van der Waals surface area contributed by atoms with E-state index in [1.54, 1.807) is 18.1 Å².